The summed E-state index contributed by atoms with van der Waals surface area (Å²) in [4.78, 5) is 11.7. The Labute approximate surface area is 97.2 Å². The summed E-state index contributed by atoms with van der Waals surface area (Å²) in [6.07, 6.45) is 0.502. The van der Waals surface area contributed by atoms with Gasteiger partial charge in [0, 0.05) is 18.2 Å². The lowest BCUT2D eigenvalue weighted by Gasteiger charge is -2.13. The van der Waals surface area contributed by atoms with Crippen LogP contribution in [0.15, 0.2) is 24.3 Å². The second-order valence-corrected chi connectivity index (χ2v) is 4.03. The fraction of sp³-hybridized carbons (Fsp3) is 0.462. The van der Waals surface area contributed by atoms with E-state index in [4.69, 9.17) is 0 Å². The molecule has 1 atom stereocenters. The Morgan fingerprint density at radius 3 is 2.69 bits per heavy atom. The third kappa shape index (κ3) is 4.03. The van der Waals surface area contributed by atoms with Gasteiger partial charge in [-0.15, -0.1) is 0 Å². The number of rotatable bonds is 5. The van der Waals surface area contributed by atoms with Crippen LogP contribution < -0.4 is 10.6 Å². The number of amides is 1. The molecule has 1 aromatic rings. The molecule has 1 rings (SSSR count). The number of para-hydroxylation sites is 1. The number of hydrogen-bond acceptors (Lipinski definition) is 2. The smallest absolute Gasteiger partial charge is 0.225 e. The van der Waals surface area contributed by atoms with E-state index in [0.717, 1.165) is 17.8 Å². The van der Waals surface area contributed by atoms with Crippen molar-refractivity contribution in [2.75, 3.05) is 11.9 Å². The first-order valence-corrected chi connectivity index (χ1v) is 5.72. The highest BCUT2D eigenvalue weighted by atomic mass is 16.1. The monoisotopic (exact) mass is 220 g/mol. The topological polar surface area (TPSA) is 41.1 Å². The van der Waals surface area contributed by atoms with Gasteiger partial charge in [-0.2, -0.15) is 0 Å². The van der Waals surface area contributed by atoms with Crippen LogP contribution in [0.3, 0.4) is 0 Å². The number of benzene rings is 1. The second kappa shape index (κ2) is 6.28. The van der Waals surface area contributed by atoms with Crippen LogP contribution in [0.4, 0.5) is 5.69 Å². The molecule has 0 aromatic heterocycles. The summed E-state index contributed by atoms with van der Waals surface area (Å²) in [5.74, 6) is 0.0581. The van der Waals surface area contributed by atoms with Gasteiger partial charge in [0.2, 0.25) is 5.91 Å². The number of carbonyl (C=O) groups is 1. The maximum atomic E-state index is 11.7. The van der Waals surface area contributed by atoms with E-state index < -0.39 is 0 Å². The lowest BCUT2D eigenvalue weighted by Crippen LogP contribution is -2.30. The van der Waals surface area contributed by atoms with E-state index in [2.05, 4.69) is 10.6 Å². The molecule has 88 valence electrons. The molecule has 0 saturated carbocycles. The van der Waals surface area contributed by atoms with E-state index in [1.54, 1.807) is 0 Å². The molecule has 0 bridgehead atoms. The average molecular weight is 220 g/mol. The van der Waals surface area contributed by atoms with Gasteiger partial charge in [0.1, 0.15) is 0 Å². The maximum absolute atomic E-state index is 11.7. The first-order valence-electron chi connectivity index (χ1n) is 5.72. The molecule has 0 saturated heterocycles. The van der Waals surface area contributed by atoms with Gasteiger partial charge >= 0.3 is 0 Å². The van der Waals surface area contributed by atoms with Crippen LogP contribution in [-0.4, -0.2) is 18.5 Å². The van der Waals surface area contributed by atoms with E-state index in [-0.39, 0.29) is 11.9 Å². The van der Waals surface area contributed by atoms with Gasteiger partial charge in [-0.25, -0.2) is 0 Å². The van der Waals surface area contributed by atoms with Crippen LogP contribution in [0.2, 0.25) is 0 Å². The fourth-order valence-corrected chi connectivity index (χ4v) is 1.61. The summed E-state index contributed by atoms with van der Waals surface area (Å²) in [7, 11) is 0. The van der Waals surface area contributed by atoms with Crippen LogP contribution in [0, 0.1) is 6.92 Å². The van der Waals surface area contributed by atoms with Crippen molar-refractivity contribution in [2.45, 2.75) is 33.2 Å². The summed E-state index contributed by atoms with van der Waals surface area (Å²) in [5, 5.41) is 6.14. The van der Waals surface area contributed by atoms with Gasteiger partial charge in [-0.05, 0) is 32.0 Å². The highest BCUT2D eigenvalue weighted by Crippen LogP contribution is 2.13. The molecule has 1 amide bonds. The lowest BCUT2D eigenvalue weighted by atomic mass is 10.2. The highest BCUT2D eigenvalue weighted by molar-refractivity contribution is 5.91. The van der Waals surface area contributed by atoms with Crippen molar-refractivity contribution in [3.63, 3.8) is 0 Å². The Kier molecular flexibility index (Phi) is 4.99. The zero-order chi connectivity index (χ0) is 12.0. The van der Waals surface area contributed by atoms with Gasteiger partial charge in [0.25, 0.3) is 0 Å². The molecule has 1 aromatic carbocycles. The average Bonchev–Trinajstić information content (AvgIpc) is 2.21. The van der Waals surface area contributed by atoms with Crippen molar-refractivity contribution in [2.24, 2.45) is 0 Å². The van der Waals surface area contributed by atoms with Crippen LogP contribution in [-0.2, 0) is 4.79 Å². The van der Waals surface area contributed by atoms with E-state index in [9.17, 15) is 4.79 Å². The summed E-state index contributed by atoms with van der Waals surface area (Å²) in [5.41, 5.74) is 1.99. The standard InChI is InChI=1S/C13H20N2O/c1-4-14-11(3)9-13(16)15-12-8-6-5-7-10(12)2/h5-8,11,14H,4,9H2,1-3H3,(H,15,16). The molecular formula is C13H20N2O. The minimum atomic E-state index is 0.0581. The van der Waals surface area contributed by atoms with E-state index >= 15 is 0 Å². The largest absolute Gasteiger partial charge is 0.326 e. The summed E-state index contributed by atoms with van der Waals surface area (Å²) < 4.78 is 0. The first-order chi connectivity index (χ1) is 7.63. The molecule has 0 fully saturated rings. The van der Waals surface area contributed by atoms with Gasteiger partial charge in [-0.1, -0.05) is 25.1 Å². The van der Waals surface area contributed by atoms with Crippen molar-refractivity contribution in [1.29, 1.82) is 0 Å². The van der Waals surface area contributed by atoms with Crippen molar-refractivity contribution < 1.29 is 4.79 Å². The minimum absolute atomic E-state index is 0.0581. The normalized spacial score (nSPS) is 12.2. The van der Waals surface area contributed by atoms with Gasteiger partial charge < -0.3 is 10.6 Å². The van der Waals surface area contributed by atoms with Gasteiger partial charge in [0.05, 0.1) is 0 Å². The zero-order valence-electron chi connectivity index (χ0n) is 10.2. The van der Waals surface area contributed by atoms with Crippen LogP contribution in [0.25, 0.3) is 0 Å². The molecule has 0 aliphatic carbocycles. The Morgan fingerprint density at radius 2 is 2.06 bits per heavy atom. The second-order valence-electron chi connectivity index (χ2n) is 4.03. The summed E-state index contributed by atoms with van der Waals surface area (Å²) >= 11 is 0. The van der Waals surface area contributed by atoms with Crippen LogP contribution >= 0.6 is 0 Å². The molecule has 0 aliphatic rings. The minimum Gasteiger partial charge on any atom is -0.326 e. The predicted octanol–water partition coefficient (Wildman–Crippen LogP) is 2.32. The Morgan fingerprint density at radius 1 is 1.38 bits per heavy atom. The van der Waals surface area contributed by atoms with E-state index in [1.807, 2.05) is 45.0 Å². The van der Waals surface area contributed by atoms with E-state index in [0.29, 0.717) is 6.42 Å². The molecule has 16 heavy (non-hydrogen) atoms. The van der Waals surface area contributed by atoms with Crippen molar-refractivity contribution in [1.82, 2.24) is 5.32 Å². The molecule has 0 aliphatic heterocycles. The number of anilines is 1. The SMILES string of the molecule is CCNC(C)CC(=O)Nc1ccccc1C. The third-order valence-corrected chi connectivity index (χ3v) is 2.46. The van der Waals surface area contributed by atoms with Crippen LogP contribution in [0.5, 0.6) is 0 Å². The molecule has 0 radical (unpaired) electrons. The van der Waals surface area contributed by atoms with Crippen LogP contribution in [0.1, 0.15) is 25.8 Å². The molecule has 3 nitrogen and oxygen atoms in total. The van der Waals surface area contributed by atoms with Crippen molar-refractivity contribution in [3.05, 3.63) is 29.8 Å². The van der Waals surface area contributed by atoms with Gasteiger partial charge in [-0.3, -0.25) is 4.79 Å². The molecule has 3 heteroatoms. The Balaban J connectivity index is 2.49. The van der Waals surface area contributed by atoms with Gasteiger partial charge in [0.15, 0.2) is 0 Å². The lowest BCUT2D eigenvalue weighted by molar-refractivity contribution is -0.116. The fourth-order valence-electron chi connectivity index (χ4n) is 1.61. The number of hydrogen-bond donors (Lipinski definition) is 2. The quantitative estimate of drug-likeness (QED) is 0.799. The number of aryl methyl sites for hydroxylation is 1. The molecule has 0 spiro atoms. The number of nitrogens with one attached hydrogen (secondary N) is 2. The highest BCUT2D eigenvalue weighted by Gasteiger charge is 2.08. The molecule has 2 N–H and O–H groups in total. The Hall–Kier alpha value is -1.35. The Bertz CT molecular complexity index is 350. The number of carbonyl (C=O) groups excluding carboxylic acids is 1. The van der Waals surface area contributed by atoms with E-state index in [1.165, 1.54) is 0 Å². The molecule has 1 unspecified atom stereocenters. The summed E-state index contributed by atoms with van der Waals surface area (Å²) in [6, 6.07) is 8.02. The van der Waals surface area contributed by atoms with Crippen molar-refractivity contribution in [3.8, 4) is 0 Å². The van der Waals surface area contributed by atoms with Crippen molar-refractivity contribution >= 4 is 11.6 Å². The molecule has 0 heterocycles. The maximum Gasteiger partial charge on any atom is 0.225 e. The third-order valence-electron chi connectivity index (χ3n) is 2.46. The molecular weight excluding hydrogens is 200 g/mol. The first kappa shape index (κ1) is 12.7. The summed E-state index contributed by atoms with van der Waals surface area (Å²) in [6.45, 7) is 6.93. The zero-order valence-corrected chi connectivity index (χ0v) is 10.2. The predicted molar refractivity (Wildman–Crippen MR) is 67.6 cm³/mol.